The minimum Gasteiger partial charge on any atom is -0.396 e. The summed E-state index contributed by atoms with van der Waals surface area (Å²) in [7, 11) is 0. The van der Waals surface area contributed by atoms with Gasteiger partial charge in [-0.3, -0.25) is 0 Å². The first kappa shape index (κ1) is 21.9. The highest BCUT2D eigenvalue weighted by atomic mass is 16.3. The molecule has 2 nitrogen and oxygen atoms in total. The van der Waals surface area contributed by atoms with Crippen LogP contribution in [0, 0.1) is 46.3 Å². The first-order chi connectivity index (χ1) is 13.8. The van der Waals surface area contributed by atoms with Crippen LogP contribution in [-0.4, -0.2) is 22.9 Å². The van der Waals surface area contributed by atoms with Crippen LogP contribution < -0.4 is 0 Å². The van der Waals surface area contributed by atoms with Crippen LogP contribution in [0.15, 0.2) is 11.6 Å². The average Bonchev–Trinajstić information content (AvgIpc) is 2.97. The molecule has 166 valence electrons. The Morgan fingerprint density at radius 1 is 1.10 bits per heavy atom. The zero-order valence-electron chi connectivity index (χ0n) is 19.5. The van der Waals surface area contributed by atoms with Gasteiger partial charge >= 0.3 is 0 Å². The van der Waals surface area contributed by atoms with Crippen molar-refractivity contribution in [1.82, 2.24) is 0 Å². The second-order valence-corrected chi connectivity index (χ2v) is 12.0. The molecule has 0 aromatic carbocycles. The van der Waals surface area contributed by atoms with Crippen molar-refractivity contribution in [1.29, 1.82) is 0 Å². The highest BCUT2D eigenvalue weighted by Gasteiger charge is 2.61. The number of rotatable bonds is 6. The lowest BCUT2D eigenvalue weighted by atomic mass is 9.47. The summed E-state index contributed by atoms with van der Waals surface area (Å²) in [6.45, 7) is 9.98. The lowest BCUT2D eigenvalue weighted by Gasteiger charge is -2.58. The number of hydrogen-bond donors (Lipinski definition) is 2. The molecule has 4 aliphatic carbocycles. The number of hydrogen-bond acceptors (Lipinski definition) is 2. The highest BCUT2D eigenvalue weighted by Crippen LogP contribution is 2.67. The monoisotopic (exact) mass is 402 g/mol. The van der Waals surface area contributed by atoms with Crippen molar-refractivity contribution < 1.29 is 10.2 Å². The molecular formula is C27H46O2. The van der Waals surface area contributed by atoms with E-state index in [9.17, 15) is 10.2 Å². The van der Waals surface area contributed by atoms with Gasteiger partial charge in [-0.15, -0.1) is 0 Å². The van der Waals surface area contributed by atoms with Crippen LogP contribution in [-0.2, 0) is 0 Å². The molecule has 4 rings (SSSR count). The van der Waals surface area contributed by atoms with Crippen LogP contribution in [0.25, 0.3) is 0 Å². The van der Waals surface area contributed by atoms with Gasteiger partial charge in [0, 0.05) is 6.61 Å². The Hall–Kier alpha value is -0.340. The van der Waals surface area contributed by atoms with Gasteiger partial charge < -0.3 is 10.2 Å². The van der Waals surface area contributed by atoms with Crippen molar-refractivity contribution in [3.8, 4) is 0 Å². The van der Waals surface area contributed by atoms with Crippen LogP contribution in [0.3, 0.4) is 0 Å². The fourth-order valence-electron chi connectivity index (χ4n) is 8.84. The first-order valence-electron chi connectivity index (χ1n) is 12.8. The molecule has 3 fully saturated rings. The number of allylic oxidation sites excluding steroid dienone is 2. The molecular weight excluding hydrogens is 356 g/mol. The molecule has 0 aromatic rings. The first-order valence-corrected chi connectivity index (χ1v) is 12.8. The summed E-state index contributed by atoms with van der Waals surface area (Å²) in [5, 5.41) is 20.6. The van der Waals surface area contributed by atoms with Crippen molar-refractivity contribution in [3.05, 3.63) is 11.6 Å². The molecule has 4 aliphatic rings. The largest absolute Gasteiger partial charge is 0.396 e. The van der Waals surface area contributed by atoms with Crippen molar-refractivity contribution >= 4 is 0 Å². The molecule has 0 spiro atoms. The van der Waals surface area contributed by atoms with Gasteiger partial charge in [-0.1, -0.05) is 58.6 Å². The molecule has 0 bridgehead atoms. The summed E-state index contributed by atoms with van der Waals surface area (Å²) in [5.41, 5.74) is 2.56. The molecule has 2 heteroatoms. The topological polar surface area (TPSA) is 40.5 Å². The van der Waals surface area contributed by atoms with Gasteiger partial charge in [0.2, 0.25) is 0 Å². The predicted molar refractivity (Wildman–Crippen MR) is 120 cm³/mol. The third-order valence-corrected chi connectivity index (χ3v) is 10.4. The van der Waals surface area contributed by atoms with Gasteiger partial charge in [0.25, 0.3) is 0 Å². The molecule has 0 aromatic heterocycles. The normalized spacial score (nSPS) is 46.3. The minimum absolute atomic E-state index is 0.112. The lowest BCUT2D eigenvalue weighted by molar-refractivity contribution is -0.0559. The van der Waals surface area contributed by atoms with Gasteiger partial charge in [-0.25, -0.2) is 0 Å². The summed E-state index contributed by atoms with van der Waals surface area (Å²) >= 11 is 0. The van der Waals surface area contributed by atoms with E-state index >= 15 is 0 Å². The fraction of sp³-hybridized carbons (Fsp3) is 0.926. The predicted octanol–water partition coefficient (Wildman–Crippen LogP) is 6.36. The van der Waals surface area contributed by atoms with Crippen LogP contribution in [0.4, 0.5) is 0 Å². The van der Waals surface area contributed by atoms with Crippen LogP contribution >= 0.6 is 0 Å². The maximum atomic E-state index is 11.2. The highest BCUT2D eigenvalue weighted by molar-refractivity contribution is 5.24. The van der Waals surface area contributed by atoms with Crippen molar-refractivity contribution in [2.45, 2.75) is 104 Å². The zero-order chi connectivity index (χ0) is 20.8. The van der Waals surface area contributed by atoms with E-state index in [2.05, 4.69) is 33.8 Å². The molecule has 0 radical (unpaired) electrons. The van der Waals surface area contributed by atoms with Crippen molar-refractivity contribution in [3.63, 3.8) is 0 Å². The number of aliphatic hydroxyl groups excluding tert-OH is 2. The number of aliphatic hydroxyl groups is 2. The summed E-state index contributed by atoms with van der Waals surface area (Å²) < 4.78 is 0. The van der Waals surface area contributed by atoms with Crippen LogP contribution in [0.5, 0.6) is 0 Å². The third kappa shape index (κ3) is 3.65. The van der Waals surface area contributed by atoms with E-state index in [4.69, 9.17) is 0 Å². The Bertz CT molecular complexity index is 612. The summed E-state index contributed by atoms with van der Waals surface area (Å²) in [4.78, 5) is 0. The Morgan fingerprint density at radius 2 is 1.90 bits per heavy atom. The molecule has 29 heavy (non-hydrogen) atoms. The molecule has 0 unspecified atom stereocenters. The van der Waals surface area contributed by atoms with Crippen LogP contribution in [0.1, 0.15) is 98.3 Å². The third-order valence-electron chi connectivity index (χ3n) is 10.4. The summed E-state index contributed by atoms with van der Waals surface area (Å²) in [5.74, 6) is 3.81. The maximum absolute atomic E-state index is 11.2. The quantitative estimate of drug-likeness (QED) is 0.507. The van der Waals surface area contributed by atoms with Gasteiger partial charge in [0.05, 0.1) is 6.10 Å². The van der Waals surface area contributed by atoms with E-state index in [1.54, 1.807) is 5.57 Å². The molecule has 3 saturated carbocycles. The Morgan fingerprint density at radius 3 is 2.66 bits per heavy atom. The van der Waals surface area contributed by atoms with Crippen molar-refractivity contribution in [2.75, 3.05) is 6.61 Å². The number of fused-ring (bicyclic) bond motifs is 5. The van der Waals surface area contributed by atoms with E-state index in [1.807, 2.05) is 0 Å². The second-order valence-electron chi connectivity index (χ2n) is 12.0. The molecule has 2 N–H and O–H groups in total. The van der Waals surface area contributed by atoms with Gasteiger partial charge in [-0.05, 0) is 97.7 Å². The molecule has 0 heterocycles. The SMILES string of the molecule is C[C@@H](CO)CCC[C@@H](C)[C@H]1[C@@H](O)C[C@H]2[C@@H]3CC=C4CCCC[C@]4(C)[C@H]3CC[C@]12C. The summed E-state index contributed by atoms with van der Waals surface area (Å²) in [6, 6.07) is 0. The van der Waals surface area contributed by atoms with Crippen molar-refractivity contribution in [2.24, 2.45) is 46.3 Å². The van der Waals surface area contributed by atoms with Crippen LogP contribution in [0.2, 0.25) is 0 Å². The zero-order valence-corrected chi connectivity index (χ0v) is 19.5. The lowest BCUT2D eigenvalue weighted by Crippen LogP contribution is -2.50. The van der Waals surface area contributed by atoms with E-state index in [-0.39, 0.29) is 6.10 Å². The molecule has 9 atom stereocenters. The Balaban J connectivity index is 1.50. The van der Waals surface area contributed by atoms with E-state index in [0.717, 1.165) is 24.7 Å². The Labute approximate surface area is 179 Å². The molecule has 0 amide bonds. The standard InChI is InChI=1S/C27H46O2/c1-18(17-28)8-7-9-19(2)25-24(29)16-23-21-12-11-20-10-5-6-14-26(20,3)22(21)13-15-27(23,25)4/h11,18-19,21-25,28-29H,5-10,12-17H2,1-4H3/t18-,19-,21-,22+,23+,24+,25+,26+,27+/m1/s1. The summed E-state index contributed by atoms with van der Waals surface area (Å²) in [6.07, 6.45) is 16.6. The van der Waals surface area contributed by atoms with Gasteiger partial charge in [0.1, 0.15) is 0 Å². The average molecular weight is 403 g/mol. The van der Waals surface area contributed by atoms with Gasteiger partial charge in [-0.2, -0.15) is 0 Å². The van der Waals surface area contributed by atoms with E-state index in [1.165, 1.54) is 57.8 Å². The molecule has 0 saturated heterocycles. The minimum atomic E-state index is -0.112. The Kier molecular flexibility index (Phi) is 6.26. The van der Waals surface area contributed by atoms with Gasteiger partial charge in [0.15, 0.2) is 0 Å². The van der Waals surface area contributed by atoms with E-state index in [0.29, 0.717) is 41.1 Å². The second kappa shape index (κ2) is 8.30. The van der Waals surface area contributed by atoms with E-state index < -0.39 is 0 Å². The maximum Gasteiger partial charge on any atom is 0.0579 e. The fourth-order valence-corrected chi connectivity index (χ4v) is 8.84. The smallest absolute Gasteiger partial charge is 0.0579 e. The molecule has 0 aliphatic heterocycles.